The monoisotopic (exact) mass is 238 g/mol. The lowest BCUT2D eigenvalue weighted by atomic mass is 9.99. The first-order valence-electron chi connectivity index (χ1n) is 4.61. The van der Waals surface area contributed by atoms with Crippen LogP contribution in [0.4, 0.5) is 13.6 Å². The molecule has 0 aromatic carbocycles. The van der Waals surface area contributed by atoms with Gasteiger partial charge in [0.1, 0.15) is 0 Å². The van der Waals surface area contributed by atoms with Crippen molar-refractivity contribution in [1.29, 1.82) is 0 Å². The Labute approximate surface area is 89.9 Å². The molecule has 0 aromatic heterocycles. The van der Waals surface area contributed by atoms with Gasteiger partial charge < -0.3 is 20.5 Å². The van der Waals surface area contributed by atoms with Crippen LogP contribution in [0.15, 0.2) is 0 Å². The van der Waals surface area contributed by atoms with E-state index < -0.39 is 30.5 Å². The number of aliphatic carboxylic acids is 1. The molecule has 1 aliphatic rings. The normalized spacial score (nSPS) is 24.4. The molecule has 3 N–H and O–H groups in total. The molecule has 1 saturated heterocycles. The Morgan fingerprint density at radius 1 is 1.50 bits per heavy atom. The standard InChI is InChI=1S/C8H12F2N2O4/c9-5(10)3-11-7(15)12-8(6(13)14)1-2-16-4-8/h5H,1-4H2,(H,13,14)(H2,11,12,15). The second-order valence-electron chi connectivity index (χ2n) is 3.42. The van der Waals surface area contributed by atoms with Gasteiger partial charge in [-0.15, -0.1) is 0 Å². The van der Waals surface area contributed by atoms with Crippen molar-refractivity contribution in [3.63, 3.8) is 0 Å². The van der Waals surface area contributed by atoms with E-state index in [9.17, 15) is 18.4 Å². The van der Waals surface area contributed by atoms with Crippen molar-refractivity contribution >= 4 is 12.0 Å². The molecule has 1 rings (SSSR count). The Bertz CT molecular complexity index is 279. The minimum absolute atomic E-state index is 0.116. The second-order valence-corrected chi connectivity index (χ2v) is 3.42. The van der Waals surface area contributed by atoms with Crippen molar-refractivity contribution in [2.24, 2.45) is 0 Å². The molecule has 92 valence electrons. The summed E-state index contributed by atoms with van der Waals surface area (Å²) in [7, 11) is 0. The molecule has 1 heterocycles. The first kappa shape index (κ1) is 12.6. The van der Waals surface area contributed by atoms with Crippen LogP contribution in [0.5, 0.6) is 0 Å². The van der Waals surface area contributed by atoms with Gasteiger partial charge >= 0.3 is 12.0 Å². The first-order valence-corrected chi connectivity index (χ1v) is 4.61. The summed E-state index contributed by atoms with van der Waals surface area (Å²) >= 11 is 0. The zero-order valence-corrected chi connectivity index (χ0v) is 8.33. The molecule has 1 unspecified atom stereocenters. The number of ether oxygens (including phenoxy) is 1. The SMILES string of the molecule is O=C(NCC(F)F)NC1(C(=O)O)CCOC1. The molecule has 0 radical (unpaired) electrons. The van der Waals surface area contributed by atoms with Crippen molar-refractivity contribution in [3.8, 4) is 0 Å². The van der Waals surface area contributed by atoms with Gasteiger partial charge in [-0.1, -0.05) is 0 Å². The van der Waals surface area contributed by atoms with E-state index in [1.165, 1.54) is 0 Å². The molecule has 2 amide bonds. The summed E-state index contributed by atoms with van der Waals surface area (Å²) in [5, 5.41) is 12.9. The Kier molecular flexibility index (Phi) is 3.99. The van der Waals surface area contributed by atoms with Crippen LogP contribution < -0.4 is 10.6 Å². The fraction of sp³-hybridized carbons (Fsp3) is 0.750. The first-order chi connectivity index (χ1) is 7.46. The number of nitrogens with one attached hydrogen (secondary N) is 2. The Morgan fingerprint density at radius 2 is 2.19 bits per heavy atom. The van der Waals surface area contributed by atoms with Gasteiger partial charge in [-0.25, -0.2) is 18.4 Å². The number of hydrogen-bond donors (Lipinski definition) is 3. The molecule has 1 fully saturated rings. The molecule has 0 bridgehead atoms. The average Bonchev–Trinajstić information content (AvgIpc) is 2.64. The smallest absolute Gasteiger partial charge is 0.332 e. The van der Waals surface area contributed by atoms with E-state index in [1.54, 1.807) is 0 Å². The molecule has 0 spiro atoms. The number of carbonyl (C=O) groups is 2. The molecule has 0 saturated carbocycles. The number of carboxylic acids is 1. The van der Waals surface area contributed by atoms with E-state index in [2.05, 4.69) is 5.32 Å². The topological polar surface area (TPSA) is 87.7 Å². The minimum atomic E-state index is -2.67. The molecule has 1 aliphatic heterocycles. The van der Waals surface area contributed by atoms with Crippen molar-refractivity contribution in [3.05, 3.63) is 0 Å². The summed E-state index contributed by atoms with van der Waals surface area (Å²) in [6.45, 7) is -0.770. The second kappa shape index (κ2) is 5.06. The van der Waals surface area contributed by atoms with Crippen LogP contribution in [0, 0.1) is 0 Å². The number of rotatable bonds is 4. The summed E-state index contributed by atoms with van der Waals surface area (Å²) < 4.78 is 28.4. The molecular weight excluding hydrogens is 226 g/mol. The fourth-order valence-corrected chi connectivity index (χ4v) is 1.32. The summed E-state index contributed by atoms with van der Waals surface area (Å²) in [4.78, 5) is 22.1. The van der Waals surface area contributed by atoms with Gasteiger partial charge in [-0.3, -0.25) is 0 Å². The lowest BCUT2D eigenvalue weighted by Gasteiger charge is -2.23. The van der Waals surface area contributed by atoms with Gasteiger partial charge in [0.15, 0.2) is 5.54 Å². The molecule has 0 aliphatic carbocycles. The van der Waals surface area contributed by atoms with Crippen molar-refractivity contribution in [2.45, 2.75) is 18.4 Å². The quantitative estimate of drug-likeness (QED) is 0.632. The van der Waals surface area contributed by atoms with Crippen LogP contribution in [0.1, 0.15) is 6.42 Å². The van der Waals surface area contributed by atoms with E-state index in [4.69, 9.17) is 9.84 Å². The van der Waals surface area contributed by atoms with Gasteiger partial charge in [-0.2, -0.15) is 0 Å². The van der Waals surface area contributed by atoms with Crippen LogP contribution in [0.25, 0.3) is 0 Å². The summed E-state index contributed by atoms with van der Waals surface area (Å²) in [6.07, 6.45) is -2.56. The number of carboxylic acid groups (broad SMARTS) is 1. The van der Waals surface area contributed by atoms with E-state index in [0.717, 1.165) is 0 Å². The Hall–Kier alpha value is -1.44. The Morgan fingerprint density at radius 3 is 2.62 bits per heavy atom. The van der Waals surface area contributed by atoms with Gasteiger partial charge in [0.25, 0.3) is 6.43 Å². The highest BCUT2D eigenvalue weighted by molar-refractivity contribution is 5.86. The van der Waals surface area contributed by atoms with Gasteiger partial charge in [0, 0.05) is 13.0 Å². The molecule has 8 heteroatoms. The fourth-order valence-electron chi connectivity index (χ4n) is 1.32. The number of hydrogen-bond acceptors (Lipinski definition) is 3. The van der Waals surface area contributed by atoms with Gasteiger partial charge in [0.05, 0.1) is 13.2 Å². The third kappa shape index (κ3) is 3.02. The van der Waals surface area contributed by atoms with Gasteiger partial charge in [-0.05, 0) is 0 Å². The maximum absolute atomic E-state index is 11.8. The molecule has 1 atom stereocenters. The largest absolute Gasteiger partial charge is 0.479 e. The highest BCUT2D eigenvalue weighted by Crippen LogP contribution is 2.18. The third-order valence-corrected chi connectivity index (χ3v) is 2.20. The number of amides is 2. The van der Waals surface area contributed by atoms with Crippen LogP contribution >= 0.6 is 0 Å². The summed E-state index contributed by atoms with van der Waals surface area (Å²) in [5.41, 5.74) is -1.51. The zero-order valence-electron chi connectivity index (χ0n) is 8.33. The highest BCUT2D eigenvalue weighted by atomic mass is 19.3. The predicted molar refractivity (Wildman–Crippen MR) is 48.3 cm³/mol. The third-order valence-electron chi connectivity index (χ3n) is 2.20. The van der Waals surface area contributed by atoms with E-state index in [-0.39, 0.29) is 19.6 Å². The summed E-state index contributed by atoms with van der Waals surface area (Å²) in [5.74, 6) is -1.24. The lowest BCUT2D eigenvalue weighted by molar-refractivity contribution is -0.144. The molecule has 0 aromatic rings. The van der Waals surface area contributed by atoms with Crippen molar-refractivity contribution in [1.82, 2.24) is 10.6 Å². The predicted octanol–water partition coefficient (Wildman–Crippen LogP) is -0.206. The van der Waals surface area contributed by atoms with Crippen molar-refractivity contribution in [2.75, 3.05) is 19.8 Å². The number of halogens is 2. The maximum Gasteiger partial charge on any atom is 0.332 e. The molecule has 6 nitrogen and oxygen atoms in total. The van der Waals surface area contributed by atoms with Crippen molar-refractivity contribution < 1.29 is 28.2 Å². The number of carbonyl (C=O) groups excluding carboxylic acids is 1. The number of urea groups is 1. The molecular formula is C8H12F2N2O4. The summed E-state index contributed by atoms with van der Waals surface area (Å²) in [6, 6.07) is -0.937. The van der Waals surface area contributed by atoms with Crippen LogP contribution in [0.3, 0.4) is 0 Å². The van der Waals surface area contributed by atoms with Gasteiger partial charge in [0.2, 0.25) is 0 Å². The highest BCUT2D eigenvalue weighted by Gasteiger charge is 2.43. The average molecular weight is 238 g/mol. The van der Waals surface area contributed by atoms with Crippen LogP contribution in [0.2, 0.25) is 0 Å². The zero-order chi connectivity index (χ0) is 12.2. The van der Waals surface area contributed by atoms with Crippen LogP contribution in [-0.4, -0.2) is 48.8 Å². The lowest BCUT2D eigenvalue weighted by Crippen LogP contribution is -2.58. The van der Waals surface area contributed by atoms with Crippen LogP contribution in [-0.2, 0) is 9.53 Å². The van der Waals surface area contributed by atoms with E-state index >= 15 is 0 Å². The maximum atomic E-state index is 11.8. The van der Waals surface area contributed by atoms with E-state index in [1.807, 2.05) is 5.32 Å². The Balaban J connectivity index is 2.49. The number of alkyl halides is 2. The minimum Gasteiger partial charge on any atom is -0.479 e. The molecule has 16 heavy (non-hydrogen) atoms. The van der Waals surface area contributed by atoms with E-state index in [0.29, 0.717) is 0 Å².